The lowest BCUT2D eigenvalue weighted by Gasteiger charge is -2.31. The average Bonchev–Trinajstić information content (AvgIpc) is 2.48. The van der Waals surface area contributed by atoms with Crippen LogP contribution < -0.4 is 0 Å². The highest BCUT2D eigenvalue weighted by atomic mass is 16.3. The second-order valence-electron chi connectivity index (χ2n) is 5.18. The molecule has 1 nitrogen and oxygen atoms in total. The molecule has 0 bridgehead atoms. The van der Waals surface area contributed by atoms with Crippen molar-refractivity contribution in [2.45, 2.75) is 18.3 Å². The molecular formula is C18H18O. The van der Waals surface area contributed by atoms with Crippen LogP contribution in [0.1, 0.15) is 18.4 Å². The molecule has 2 aromatic carbocycles. The Morgan fingerprint density at radius 2 is 1.84 bits per heavy atom. The van der Waals surface area contributed by atoms with Gasteiger partial charge in [0.05, 0.1) is 0 Å². The molecule has 0 radical (unpaired) electrons. The highest BCUT2D eigenvalue weighted by Crippen LogP contribution is 2.37. The molecule has 1 heteroatoms. The van der Waals surface area contributed by atoms with Crippen molar-refractivity contribution in [2.75, 3.05) is 6.61 Å². The minimum absolute atomic E-state index is 0.0481. The third-order valence-electron chi connectivity index (χ3n) is 4.03. The molecule has 0 aliphatic heterocycles. The van der Waals surface area contributed by atoms with E-state index in [9.17, 15) is 5.11 Å². The van der Waals surface area contributed by atoms with Crippen LogP contribution in [0, 0.1) is 0 Å². The van der Waals surface area contributed by atoms with Crippen molar-refractivity contribution in [1.29, 1.82) is 0 Å². The fourth-order valence-electron chi connectivity index (χ4n) is 2.91. The van der Waals surface area contributed by atoms with E-state index in [0.717, 1.165) is 12.8 Å². The van der Waals surface area contributed by atoms with E-state index in [0.29, 0.717) is 0 Å². The summed E-state index contributed by atoms with van der Waals surface area (Å²) in [6.45, 7) is 0.213. The van der Waals surface area contributed by atoms with Gasteiger partial charge in [0, 0.05) is 12.0 Å². The summed E-state index contributed by atoms with van der Waals surface area (Å²) >= 11 is 0. The SMILES string of the molecule is OCCC1(c2ccc3ccccc3c2)C=CC=CC1. The average molecular weight is 250 g/mol. The predicted molar refractivity (Wildman–Crippen MR) is 80.2 cm³/mol. The molecule has 0 fully saturated rings. The molecule has 0 spiro atoms. The Morgan fingerprint density at radius 1 is 1.00 bits per heavy atom. The van der Waals surface area contributed by atoms with Gasteiger partial charge in [-0.1, -0.05) is 66.8 Å². The van der Waals surface area contributed by atoms with Gasteiger partial charge in [-0.15, -0.1) is 0 Å². The van der Waals surface area contributed by atoms with Gasteiger partial charge in [-0.25, -0.2) is 0 Å². The first-order valence-electron chi connectivity index (χ1n) is 6.79. The van der Waals surface area contributed by atoms with Gasteiger partial charge in [0.25, 0.3) is 0 Å². The topological polar surface area (TPSA) is 20.2 Å². The van der Waals surface area contributed by atoms with E-state index in [-0.39, 0.29) is 12.0 Å². The normalized spacial score (nSPS) is 21.9. The summed E-state index contributed by atoms with van der Waals surface area (Å²) < 4.78 is 0. The highest BCUT2D eigenvalue weighted by Gasteiger charge is 2.28. The van der Waals surface area contributed by atoms with E-state index in [4.69, 9.17) is 0 Å². The fourth-order valence-corrected chi connectivity index (χ4v) is 2.91. The molecular weight excluding hydrogens is 232 g/mol. The molecule has 0 saturated carbocycles. The summed E-state index contributed by atoms with van der Waals surface area (Å²) in [5.41, 5.74) is 1.24. The lowest BCUT2D eigenvalue weighted by Crippen LogP contribution is -2.25. The number of benzene rings is 2. The third kappa shape index (κ3) is 2.22. The van der Waals surface area contributed by atoms with Crippen molar-refractivity contribution in [1.82, 2.24) is 0 Å². The molecule has 3 rings (SSSR count). The minimum atomic E-state index is -0.0481. The van der Waals surface area contributed by atoms with Gasteiger partial charge in [-0.3, -0.25) is 0 Å². The number of aliphatic hydroxyl groups excluding tert-OH is 1. The second kappa shape index (κ2) is 5.02. The van der Waals surface area contributed by atoms with E-state index in [1.807, 2.05) is 0 Å². The quantitative estimate of drug-likeness (QED) is 0.873. The van der Waals surface area contributed by atoms with Crippen LogP contribution in [0.2, 0.25) is 0 Å². The van der Waals surface area contributed by atoms with Crippen LogP contribution in [0.4, 0.5) is 0 Å². The summed E-state index contributed by atoms with van der Waals surface area (Å²) in [5.74, 6) is 0. The van der Waals surface area contributed by atoms with Crippen LogP contribution in [-0.2, 0) is 5.41 Å². The largest absolute Gasteiger partial charge is 0.396 e. The Kier molecular flexibility index (Phi) is 3.22. The van der Waals surface area contributed by atoms with Gasteiger partial charge in [0.2, 0.25) is 0 Å². The van der Waals surface area contributed by atoms with E-state index >= 15 is 0 Å². The Bertz CT molecular complexity index is 639. The number of allylic oxidation sites excluding steroid dienone is 4. The van der Waals surface area contributed by atoms with Crippen molar-refractivity contribution >= 4 is 10.8 Å². The maximum atomic E-state index is 9.40. The number of aliphatic hydroxyl groups is 1. The summed E-state index contributed by atoms with van der Waals surface area (Å²) in [6, 6.07) is 15.0. The third-order valence-corrected chi connectivity index (χ3v) is 4.03. The first kappa shape index (κ1) is 12.2. The first-order valence-corrected chi connectivity index (χ1v) is 6.79. The highest BCUT2D eigenvalue weighted by molar-refractivity contribution is 5.83. The summed E-state index contributed by atoms with van der Waals surface area (Å²) in [4.78, 5) is 0. The van der Waals surface area contributed by atoms with Gasteiger partial charge in [0.15, 0.2) is 0 Å². The molecule has 19 heavy (non-hydrogen) atoms. The van der Waals surface area contributed by atoms with Crippen molar-refractivity contribution < 1.29 is 5.11 Å². The summed E-state index contributed by atoms with van der Waals surface area (Å²) in [7, 11) is 0. The predicted octanol–water partition coefficient (Wildman–Crippen LogP) is 3.98. The van der Waals surface area contributed by atoms with Crippen LogP contribution in [0.15, 0.2) is 66.8 Å². The van der Waals surface area contributed by atoms with Gasteiger partial charge in [-0.2, -0.15) is 0 Å². The van der Waals surface area contributed by atoms with Crippen LogP contribution in [0.5, 0.6) is 0 Å². The molecule has 1 aliphatic rings. The molecule has 0 heterocycles. The Balaban J connectivity index is 2.10. The van der Waals surface area contributed by atoms with E-state index in [1.165, 1.54) is 16.3 Å². The zero-order chi connectivity index (χ0) is 13.1. The number of hydrogen-bond acceptors (Lipinski definition) is 1. The monoisotopic (exact) mass is 250 g/mol. The summed E-state index contributed by atoms with van der Waals surface area (Å²) in [6.07, 6.45) is 10.3. The number of hydrogen-bond donors (Lipinski definition) is 1. The van der Waals surface area contributed by atoms with Crippen LogP contribution in [0.3, 0.4) is 0 Å². The molecule has 1 aliphatic carbocycles. The lowest BCUT2D eigenvalue weighted by molar-refractivity contribution is 0.256. The molecule has 96 valence electrons. The number of rotatable bonds is 3. The van der Waals surface area contributed by atoms with Crippen molar-refractivity contribution in [3.8, 4) is 0 Å². The van der Waals surface area contributed by atoms with Gasteiger partial charge in [0.1, 0.15) is 0 Å². The first-order chi connectivity index (χ1) is 9.34. The van der Waals surface area contributed by atoms with Crippen molar-refractivity contribution in [3.05, 3.63) is 72.3 Å². The lowest BCUT2D eigenvalue weighted by atomic mass is 9.73. The molecule has 1 unspecified atom stereocenters. The molecule has 1 N–H and O–H groups in total. The Labute approximate surface area is 113 Å². The van der Waals surface area contributed by atoms with Gasteiger partial charge < -0.3 is 5.11 Å². The Morgan fingerprint density at radius 3 is 2.58 bits per heavy atom. The van der Waals surface area contributed by atoms with Crippen molar-refractivity contribution in [2.24, 2.45) is 0 Å². The van der Waals surface area contributed by atoms with E-state index in [2.05, 4.69) is 66.8 Å². The van der Waals surface area contributed by atoms with E-state index in [1.54, 1.807) is 0 Å². The minimum Gasteiger partial charge on any atom is -0.396 e. The Hall–Kier alpha value is -1.86. The maximum absolute atomic E-state index is 9.40. The second-order valence-corrected chi connectivity index (χ2v) is 5.18. The standard InChI is InChI=1S/C18H18O/c19-13-12-18(10-4-1-5-11-18)17-9-8-15-6-2-3-7-16(15)14-17/h1-10,14,19H,11-13H2. The van der Waals surface area contributed by atoms with Gasteiger partial charge in [-0.05, 0) is 29.2 Å². The van der Waals surface area contributed by atoms with Crippen molar-refractivity contribution in [3.63, 3.8) is 0 Å². The molecule has 2 aromatic rings. The van der Waals surface area contributed by atoms with E-state index < -0.39 is 0 Å². The van der Waals surface area contributed by atoms with Crippen LogP contribution in [0.25, 0.3) is 10.8 Å². The summed E-state index contributed by atoms with van der Waals surface area (Å²) in [5, 5.41) is 11.9. The van der Waals surface area contributed by atoms with Crippen LogP contribution >= 0.6 is 0 Å². The molecule has 0 aromatic heterocycles. The molecule has 1 atom stereocenters. The molecule has 0 saturated heterocycles. The maximum Gasteiger partial charge on any atom is 0.0442 e. The smallest absolute Gasteiger partial charge is 0.0442 e. The van der Waals surface area contributed by atoms with Crippen LogP contribution in [-0.4, -0.2) is 11.7 Å². The molecule has 0 amide bonds. The number of fused-ring (bicyclic) bond motifs is 1. The zero-order valence-electron chi connectivity index (χ0n) is 10.9. The zero-order valence-corrected chi connectivity index (χ0v) is 10.9. The van der Waals surface area contributed by atoms with Gasteiger partial charge >= 0.3 is 0 Å². The fraction of sp³-hybridized carbons (Fsp3) is 0.222.